The van der Waals surface area contributed by atoms with Crippen molar-refractivity contribution in [3.05, 3.63) is 18.1 Å². The lowest BCUT2D eigenvalue weighted by molar-refractivity contribution is 0.315. The van der Waals surface area contributed by atoms with Crippen LogP contribution >= 0.6 is 0 Å². The highest BCUT2D eigenvalue weighted by Gasteiger charge is 2.25. The molecular weight excluding hydrogens is 250 g/mol. The van der Waals surface area contributed by atoms with E-state index in [0.717, 1.165) is 31.1 Å². The number of hydrogen-bond acceptors (Lipinski definition) is 5. The topological polar surface area (TPSA) is 44.3 Å². The minimum atomic E-state index is 0.0986. The van der Waals surface area contributed by atoms with E-state index < -0.39 is 0 Å². The largest absolute Gasteiger partial charge is 0.354 e. The van der Waals surface area contributed by atoms with E-state index in [0.29, 0.717) is 6.04 Å². The number of hydrogen-bond donors (Lipinski definition) is 1. The smallest absolute Gasteiger partial charge is 0.147 e. The molecule has 1 aromatic rings. The third kappa shape index (κ3) is 4.15. The first kappa shape index (κ1) is 15.2. The Bertz CT molecular complexity index is 438. The lowest BCUT2D eigenvalue weighted by Gasteiger charge is -2.22. The van der Waals surface area contributed by atoms with Crippen LogP contribution in [0.2, 0.25) is 0 Å². The monoisotopic (exact) mass is 277 g/mol. The van der Waals surface area contributed by atoms with Gasteiger partial charge in [-0.25, -0.2) is 4.98 Å². The standard InChI is InChI=1S/C15H27N5/c1-15(2,3)17-9-12-8-16-10-14(18-12)20-7-6-13(11-20)19(4)5/h8,10,13,17H,6-7,9,11H2,1-5H3. The van der Waals surface area contributed by atoms with Crippen molar-refractivity contribution in [3.63, 3.8) is 0 Å². The molecule has 1 aliphatic rings. The molecule has 0 aromatic carbocycles. The molecule has 0 spiro atoms. The van der Waals surface area contributed by atoms with Crippen molar-refractivity contribution in [1.29, 1.82) is 0 Å². The van der Waals surface area contributed by atoms with E-state index in [4.69, 9.17) is 4.98 Å². The summed E-state index contributed by atoms with van der Waals surface area (Å²) in [7, 11) is 4.28. The number of nitrogens with one attached hydrogen (secondary N) is 1. The summed E-state index contributed by atoms with van der Waals surface area (Å²) in [5.41, 5.74) is 1.10. The minimum Gasteiger partial charge on any atom is -0.354 e. The van der Waals surface area contributed by atoms with Crippen LogP contribution < -0.4 is 10.2 Å². The van der Waals surface area contributed by atoms with E-state index >= 15 is 0 Å². The summed E-state index contributed by atoms with van der Waals surface area (Å²) >= 11 is 0. The lowest BCUT2D eigenvalue weighted by Crippen LogP contribution is -2.35. The first-order valence-corrected chi connectivity index (χ1v) is 7.32. The van der Waals surface area contributed by atoms with Crippen LogP contribution in [0.5, 0.6) is 0 Å². The van der Waals surface area contributed by atoms with Gasteiger partial charge in [-0.2, -0.15) is 0 Å². The Morgan fingerprint density at radius 1 is 1.35 bits per heavy atom. The average Bonchev–Trinajstić information content (AvgIpc) is 2.86. The molecule has 0 bridgehead atoms. The van der Waals surface area contributed by atoms with Crippen LogP contribution in [0.1, 0.15) is 32.9 Å². The molecule has 2 heterocycles. The van der Waals surface area contributed by atoms with E-state index in [1.807, 2.05) is 12.4 Å². The Morgan fingerprint density at radius 2 is 2.10 bits per heavy atom. The second-order valence-electron chi connectivity index (χ2n) is 6.82. The molecule has 0 saturated carbocycles. The Morgan fingerprint density at radius 3 is 2.70 bits per heavy atom. The molecule has 1 unspecified atom stereocenters. The number of anilines is 1. The molecule has 0 amide bonds. The van der Waals surface area contributed by atoms with Crippen molar-refractivity contribution in [2.24, 2.45) is 0 Å². The molecule has 1 aliphatic heterocycles. The van der Waals surface area contributed by atoms with Gasteiger partial charge in [0.15, 0.2) is 0 Å². The van der Waals surface area contributed by atoms with E-state index in [-0.39, 0.29) is 5.54 Å². The zero-order chi connectivity index (χ0) is 14.8. The highest BCUT2D eigenvalue weighted by atomic mass is 15.3. The fourth-order valence-electron chi connectivity index (χ4n) is 2.36. The van der Waals surface area contributed by atoms with Crippen molar-refractivity contribution >= 4 is 5.82 Å². The lowest BCUT2D eigenvalue weighted by atomic mass is 10.1. The number of rotatable bonds is 4. The normalized spacial score (nSPS) is 19.9. The maximum atomic E-state index is 4.73. The first-order chi connectivity index (χ1) is 9.35. The molecule has 1 saturated heterocycles. The SMILES string of the molecule is CN(C)C1CCN(c2cncc(CNC(C)(C)C)n2)C1. The van der Waals surface area contributed by atoms with Gasteiger partial charge in [0.2, 0.25) is 0 Å². The Labute approximate surface area is 122 Å². The summed E-state index contributed by atoms with van der Waals surface area (Å²) in [5, 5.41) is 3.45. The number of aromatic nitrogens is 2. The summed E-state index contributed by atoms with van der Waals surface area (Å²) in [6.45, 7) is 9.34. The van der Waals surface area contributed by atoms with Crippen LogP contribution in [-0.2, 0) is 6.54 Å². The van der Waals surface area contributed by atoms with Gasteiger partial charge in [0, 0.05) is 37.4 Å². The zero-order valence-electron chi connectivity index (χ0n) is 13.3. The summed E-state index contributed by atoms with van der Waals surface area (Å²) < 4.78 is 0. The van der Waals surface area contributed by atoms with Crippen LogP contribution in [0.15, 0.2) is 12.4 Å². The predicted octanol–water partition coefficient (Wildman–Crippen LogP) is 1.50. The predicted molar refractivity (Wildman–Crippen MR) is 82.9 cm³/mol. The van der Waals surface area contributed by atoms with Crippen LogP contribution in [0.3, 0.4) is 0 Å². The van der Waals surface area contributed by atoms with Crippen molar-refractivity contribution in [2.45, 2.75) is 45.3 Å². The third-order valence-corrected chi connectivity index (χ3v) is 3.69. The van der Waals surface area contributed by atoms with Gasteiger partial charge in [0.05, 0.1) is 11.9 Å². The van der Waals surface area contributed by atoms with Gasteiger partial charge >= 0.3 is 0 Å². The van der Waals surface area contributed by atoms with Gasteiger partial charge in [-0.15, -0.1) is 0 Å². The maximum Gasteiger partial charge on any atom is 0.147 e. The summed E-state index contributed by atoms with van der Waals surface area (Å²) in [5.74, 6) is 1.00. The highest BCUT2D eigenvalue weighted by Crippen LogP contribution is 2.19. The molecule has 1 aromatic heterocycles. The van der Waals surface area contributed by atoms with Crippen molar-refractivity contribution in [3.8, 4) is 0 Å². The Balaban J connectivity index is 2.00. The van der Waals surface area contributed by atoms with Crippen molar-refractivity contribution in [1.82, 2.24) is 20.2 Å². The van der Waals surface area contributed by atoms with Crippen LogP contribution in [0.4, 0.5) is 5.82 Å². The van der Waals surface area contributed by atoms with Crippen LogP contribution in [0.25, 0.3) is 0 Å². The second kappa shape index (κ2) is 6.06. The number of likely N-dealkylation sites (N-methyl/N-ethyl adjacent to an activating group) is 1. The average molecular weight is 277 g/mol. The third-order valence-electron chi connectivity index (χ3n) is 3.69. The first-order valence-electron chi connectivity index (χ1n) is 7.32. The molecule has 1 N–H and O–H groups in total. The molecule has 1 atom stereocenters. The van der Waals surface area contributed by atoms with Gasteiger partial charge in [0.25, 0.3) is 0 Å². The molecule has 5 nitrogen and oxygen atoms in total. The molecule has 0 radical (unpaired) electrons. The Hall–Kier alpha value is -1.20. The quantitative estimate of drug-likeness (QED) is 0.903. The summed E-state index contributed by atoms with van der Waals surface area (Å²) in [6.07, 6.45) is 4.92. The van der Waals surface area contributed by atoms with Gasteiger partial charge in [0.1, 0.15) is 5.82 Å². The van der Waals surface area contributed by atoms with Crippen LogP contribution in [0, 0.1) is 0 Å². The molecule has 20 heavy (non-hydrogen) atoms. The minimum absolute atomic E-state index is 0.0986. The summed E-state index contributed by atoms with van der Waals surface area (Å²) in [4.78, 5) is 13.7. The molecule has 5 heteroatoms. The van der Waals surface area contributed by atoms with Gasteiger partial charge in [-0.3, -0.25) is 4.98 Å². The number of nitrogens with zero attached hydrogens (tertiary/aromatic N) is 4. The fourth-order valence-corrected chi connectivity index (χ4v) is 2.36. The Kier molecular flexibility index (Phi) is 4.60. The van der Waals surface area contributed by atoms with Gasteiger partial charge in [-0.1, -0.05) is 0 Å². The zero-order valence-corrected chi connectivity index (χ0v) is 13.3. The molecule has 1 fully saturated rings. The summed E-state index contributed by atoms with van der Waals surface area (Å²) in [6, 6.07) is 0.619. The maximum absolute atomic E-state index is 4.73. The van der Waals surface area contributed by atoms with Crippen molar-refractivity contribution in [2.75, 3.05) is 32.1 Å². The fraction of sp³-hybridized carbons (Fsp3) is 0.733. The molecule has 2 rings (SSSR count). The molecule has 0 aliphatic carbocycles. The van der Waals surface area contributed by atoms with Crippen molar-refractivity contribution < 1.29 is 0 Å². The molecular formula is C15H27N5. The molecule has 112 valence electrons. The van der Waals surface area contributed by atoms with Crippen LogP contribution in [-0.4, -0.2) is 53.6 Å². The highest BCUT2D eigenvalue weighted by molar-refractivity contribution is 5.38. The van der Waals surface area contributed by atoms with Gasteiger partial charge < -0.3 is 15.1 Å². The van der Waals surface area contributed by atoms with Gasteiger partial charge in [-0.05, 0) is 41.3 Å². The van der Waals surface area contributed by atoms with E-state index in [1.54, 1.807) is 0 Å². The van der Waals surface area contributed by atoms with E-state index in [2.05, 4.69) is 55.0 Å². The van der Waals surface area contributed by atoms with E-state index in [9.17, 15) is 0 Å². The second-order valence-corrected chi connectivity index (χ2v) is 6.82. The van der Waals surface area contributed by atoms with E-state index in [1.165, 1.54) is 6.42 Å².